The molecule has 0 saturated carbocycles. The third-order valence-corrected chi connectivity index (χ3v) is 2.89. The normalized spacial score (nSPS) is 18.3. The van der Waals surface area contributed by atoms with E-state index in [0.29, 0.717) is 6.54 Å². The minimum atomic E-state index is -0.195. The van der Waals surface area contributed by atoms with Gasteiger partial charge in [0.15, 0.2) is 5.17 Å². The molecule has 0 saturated heterocycles. The number of carbonyl (C=O) groups excluding carboxylic acids is 1. The van der Waals surface area contributed by atoms with Crippen molar-refractivity contribution in [3.8, 4) is 0 Å². The number of nitrogens with zero attached hydrogens (tertiary/aromatic N) is 1. The first-order valence-electron chi connectivity index (χ1n) is 4.95. The van der Waals surface area contributed by atoms with Crippen LogP contribution in [0.25, 0.3) is 0 Å². The Morgan fingerprint density at radius 1 is 1.71 bits per heavy atom. The highest BCUT2D eigenvalue weighted by molar-refractivity contribution is 8.13. The monoisotopic (exact) mass is 215 g/mol. The average molecular weight is 215 g/mol. The van der Waals surface area contributed by atoms with Crippen molar-refractivity contribution in [2.45, 2.75) is 26.3 Å². The first-order chi connectivity index (χ1) is 6.74. The van der Waals surface area contributed by atoms with E-state index in [1.165, 1.54) is 0 Å². The predicted octanol–water partition coefficient (Wildman–Crippen LogP) is 0.593. The zero-order chi connectivity index (χ0) is 10.4. The molecule has 1 aliphatic rings. The van der Waals surface area contributed by atoms with Gasteiger partial charge in [-0.15, -0.1) is 0 Å². The van der Waals surface area contributed by atoms with Gasteiger partial charge in [-0.2, -0.15) is 0 Å². The summed E-state index contributed by atoms with van der Waals surface area (Å²) in [5.74, 6) is 1.12. The number of likely N-dealkylation sites (N-methyl/N-ethyl adjacent to an activating group) is 1. The fraction of sp³-hybridized carbons (Fsp3) is 0.778. The van der Waals surface area contributed by atoms with Crippen LogP contribution in [-0.2, 0) is 4.79 Å². The van der Waals surface area contributed by atoms with Crippen LogP contribution in [0, 0.1) is 0 Å². The fourth-order valence-corrected chi connectivity index (χ4v) is 2.03. The van der Waals surface area contributed by atoms with Crippen molar-refractivity contribution < 1.29 is 4.79 Å². The topological polar surface area (TPSA) is 53.5 Å². The quantitative estimate of drug-likeness (QED) is 0.724. The molecule has 5 heteroatoms. The fourth-order valence-electron chi connectivity index (χ4n) is 1.13. The van der Waals surface area contributed by atoms with Crippen LogP contribution < -0.4 is 10.6 Å². The highest BCUT2D eigenvalue weighted by Gasteiger charge is 2.14. The van der Waals surface area contributed by atoms with Crippen LogP contribution in [-0.4, -0.2) is 36.0 Å². The summed E-state index contributed by atoms with van der Waals surface area (Å²) < 4.78 is 0. The summed E-state index contributed by atoms with van der Waals surface area (Å²) in [6.45, 7) is 5.31. The van der Waals surface area contributed by atoms with Gasteiger partial charge in [0.25, 0.3) is 0 Å². The lowest BCUT2D eigenvalue weighted by Crippen LogP contribution is -2.44. The highest BCUT2D eigenvalue weighted by atomic mass is 32.2. The predicted molar refractivity (Wildman–Crippen MR) is 60.7 cm³/mol. The van der Waals surface area contributed by atoms with Crippen molar-refractivity contribution in [2.24, 2.45) is 4.99 Å². The van der Waals surface area contributed by atoms with E-state index in [0.717, 1.165) is 23.9 Å². The Bertz CT molecular complexity index is 230. The minimum absolute atomic E-state index is 0.0290. The summed E-state index contributed by atoms with van der Waals surface area (Å²) in [5, 5.41) is 6.77. The maximum Gasteiger partial charge on any atom is 0.242 e. The summed E-state index contributed by atoms with van der Waals surface area (Å²) >= 11 is 1.69. The molecule has 14 heavy (non-hydrogen) atoms. The molecule has 0 bridgehead atoms. The van der Waals surface area contributed by atoms with Crippen LogP contribution in [0.2, 0.25) is 0 Å². The molecule has 0 radical (unpaired) electrons. The summed E-state index contributed by atoms with van der Waals surface area (Å²) in [6, 6.07) is -0.195. The van der Waals surface area contributed by atoms with Gasteiger partial charge in [-0.1, -0.05) is 11.8 Å². The third-order valence-electron chi connectivity index (χ3n) is 1.88. The smallest absolute Gasteiger partial charge is 0.242 e. The van der Waals surface area contributed by atoms with Gasteiger partial charge in [-0.05, 0) is 20.3 Å². The van der Waals surface area contributed by atoms with E-state index in [9.17, 15) is 4.79 Å². The molecule has 0 aromatic heterocycles. The summed E-state index contributed by atoms with van der Waals surface area (Å²) in [5.41, 5.74) is 0. The lowest BCUT2D eigenvalue weighted by molar-refractivity contribution is -0.122. The third kappa shape index (κ3) is 3.57. The van der Waals surface area contributed by atoms with Crippen LogP contribution in [0.1, 0.15) is 20.3 Å². The number of amides is 1. The lowest BCUT2D eigenvalue weighted by atomic mass is 10.3. The highest BCUT2D eigenvalue weighted by Crippen LogP contribution is 2.10. The van der Waals surface area contributed by atoms with E-state index in [2.05, 4.69) is 15.6 Å². The number of hydrogen-bond donors (Lipinski definition) is 2. The Morgan fingerprint density at radius 3 is 3.07 bits per heavy atom. The van der Waals surface area contributed by atoms with Gasteiger partial charge in [-0.25, -0.2) is 0 Å². The van der Waals surface area contributed by atoms with Gasteiger partial charge >= 0.3 is 0 Å². The van der Waals surface area contributed by atoms with Crippen LogP contribution in [0.4, 0.5) is 0 Å². The SMILES string of the molecule is CCNC(=O)C(C)NC1=NCCCS1. The van der Waals surface area contributed by atoms with E-state index < -0.39 is 0 Å². The van der Waals surface area contributed by atoms with Crippen LogP contribution >= 0.6 is 11.8 Å². The Labute approximate surface area is 88.9 Å². The lowest BCUT2D eigenvalue weighted by Gasteiger charge is -2.18. The maximum atomic E-state index is 11.4. The second-order valence-corrected chi connectivity index (χ2v) is 4.23. The molecule has 1 amide bonds. The standard InChI is InChI=1S/C9H17N3OS/c1-3-10-8(13)7(2)12-9-11-5-4-6-14-9/h7H,3-6H2,1-2H3,(H,10,13)(H,11,12). The molecule has 0 aromatic carbocycles. The molecule has 1 rings (SSSR count). The summed E-state index contributed by atoms with van der Waals surface area (Å²) in [4.78, 5) is 15.7. The van der Waals surface area contributed by atoms with E-state index in [-0.39, 0.29) is 11.9 Å². The van der Waals surface area contributed by atoms with Gasteiger partial charge < -0.3 is 10.6 Å². The number of nitrogens with one attached hydrogen (secondary N) is 2. The molecular weight excluding hydrogens is 198 g/mol. The molecule has 1 heterocycles. The van der Waals surface area contributed by atoms with E-state index in [4.69, 9.17) is 0 Å². The summed E-state index contributed by atoms with van der Waals surface area (Å²) in [6.07, 6.45) is 1.13. The molecule has 1 atom stereocenters. The van der Waals surface area contributed by atoms with Crippen molar-refractivity contribution in [3.63, 3.8) is 0 Å². The molecule has 1 unspecified atom stereocenters. The van der Waals surface area contributed by atoms with Gasteiger partial charge in [0.2, 0.25) is 5.91 Å². The molecule has 0 aromatic rings. The molecule has 2 N–H and O–H groups in total. The minimum Gasteiger partial charge on any atom is -0.355 e. The van der Waals surface area contributed by atoms with Crippen molar-refractivity contribution in [2.75, 3.05) is 18.8 Å². The maximum absolute atomic E-state index is 11.4. The molecule has 0 aliphatic carbocycles. The largest absolute Gasteiger partial charge is 0.355 e. The van der Waals surface area contributed by atoms with Crippen LogP contribution in [0.3, 0.4) is 0 Å². The Kier molecular flexibility index (Phi) is 4.79. The number of rotatable bonds is 3. The van der Waals surface area contributed by atoms with Crippen LogP contribution in [0.15, 0.2) is 4.99 Å². The van der Waals surface area contributed by atoms with Gasteiger partial charge in [0.05, 0.1) is 0 Å². The van der Waals surface area contributed by atoms with Crippen molar-refractivity contribution in [1.29, 1.82) is 0 Å². The number of aliphatic imine (C=N–C) groups is 1. The Balaban J connectivity index is 2.35. The molecule has 0 spiro atoms. The van der Waals surface area contributed by atoms with Gasteiger partial charge in [0.1, 0.15) is 6.04 Å². The Hall–Kier alpha value is -0.710. The second-order valence-electron chi connectivity index (χ2n) is 3.15. The van der Waals surface area contributed by atoms with Crippen molar-refractivity contribution >= 4 is 22.8 Å². The number of amidine groups is 1. The molecule has 4 nitrogen and oxygen atoms in total. The van der Waals surface area contributed by atoms with E-state index in [1.807, 2.05) is 13.8 Å². The van der Waals surface area contributed by atoms with Crippen molar-refractivity contribution in [3.05, 3.63) is 0 Å². The zero-order valence-electron chi connectivity index (χ0n) is 8.67. The van der Waals surface area contributed by atoms with E-state index >= 15 is 0 Å². The second kappa shape index (κ2) is 5.90. The molecular formula is C9H17N3OS. The van der Waals surface area contributed by atoms with E-state index in [1.54, 1.807) is 11.8 Å². The van der Waals surface area contributed by atoms with Crippen molar-refractivity contribution in [1.82, 2.24) is 10.6 Å². The van der Waals surface area contributed by atoms with Gasteiger partial charge in [0, 0.05) is 18.8 Å². The number of thioether (sulfide) groups is 1. The Morgan fingerprint density at radius 2 is 2.50 bits per heavy atom. The average Bonchev–Trinajstić information content (AvgIpc) is 2.19. The first-order valence-corrected chi connectivity index (χ1v) is 5.94. The molecule has 0 fully saturated rings. The number of carbonyl (C=O) groups is 1. The zero-order valence-corrected chi connectivity index (χ0v) is 9.49. The molecule has 80 valence electrons. The summed E-state index contributed by atoms with van der Waals surface area (Å²) in [7, 11) is 0. The number of hydrogen-bond acceptors (Lipinski definition) is 4. The van der Waals surface area contributed by atoms with Gasteiger partial charge in [-0.3, -0.25) is 9.79 Å². The first kappa shape index (κ1) is 11.4. The molecule has 1 aliphatic heterocycles. The van der Waals surface area contributed by atoms with Crippen LogP contribution in [0.5, 0.6) is 0 Å².